The highest BCUT2D eigenvalue weighted by molar-refractivity contribution is 5.92. The van der Waals surface area contributed by atoms with E-state index in [0.29, 0.717) is 19.4 Å². The Morgan fingerprint density at radius 3 is 2.79 bits per heavy atom. The first kappa shape index (κ1) is 13.5. The van der Waals surface area contributed by atoms with Crippen LogP contribution >= 0.6 is 0 Å². The van der Waals surface area contributed by atoms with Crippen LogP contribution in [0.2, 0.25) is 0 Å². The Morgan fingerprint density at radius 2 is 2.26 bits per heavy atom. The number of aryl methyl sites for hydroxylation is 1. The molecule has 7 heteroatoms. The number of aliphatic carboxylic acids is 1. The predicted octanol–water partition coefficient (Wildman–Crippen LogP) is 0.532. The average molecular weight is 266 g/mol. The van der Waals surface area contributed by atoms with E-state index in [0.717, 1.165) is 6.42 Å². The molecule has 19 heavy (non-hydrogen) atoms. The number of nitrogens with zero attached hydrogens (tertiary/aromatic N) is 4. The summed E-state index contributed by atoms with van der Waals surface area (Å²) >= 11 is 0. The molecule has 104 valence electrons. The third-order valence-electron chi connectivity index (χ3n) is 3.65. The summed E-state index contributed by atoms with van der Waals surface area (Å²) in [6, 6.07) is 0. The van der Waals surface area contributed by atoms with Crippen LogP contribution in [-0.4, -0.2) is 50.0 Å². The summed E-state index contributed by atoms with van der Waals surface area (Å²) in [6.45, 7) is 2.67. The van der Waals surface area contributed by atoms with Gasteiger partial charge in [0, 0.05) is 20.1 Å². The van der Waals surface area contributed by atoms with Gasteiger partial charge in [-0.15, -0.1) is 5.10 Å². The molecule has 1 fully saturated rings. The van der Waals surface area contributed by atoms with E-state index in [-0.39, 0.29) is 18.1 Å². The van der Waals surface area contributed by atoms with Gasteiger partial charge < -0.3 is 10.0 Å². The van der Waals surface area contributed by atoms with E-state index in [1.807, 2.05) is 6.92 Å². The fourth-order valence-electron chi connectivity index (χ4n) is 2.62. The second-order valence-corrected chi connectivity index (χ2v) is 5.09. The highest BCUT2D eigenvalue weighted by atomic mass is 16.4. The Morgan fingerprint density at radius 1 is 1.53 bits per heavy atom. The van der Waals surface area contributed by atoms with Crippen molar-refractivity contribution in [2.24, 2.45) is 12.5 Å². The van der Waals surface area contributed by atoms with Gasteiger partial charge in [-0.05, 0) is 12.8 Å². The van der Waals surface area contributed by atoms with Crippen LogP contribution in [0.5, 0.6) is 0 Å². The number of carboxylic acid groups (broad SMARTS) is 1. The lowest BCUT2D eigenvalue weighted by Crippen LogP contribution is -2.37. The average Bonchev–Trinajstić information content (AvgIpc) is 2.96. The summed E-state index contributed by atoms with van der Waals surface area (Å²) in [4.78, 5) is 25.2. The molecule has 1 aliphatic heterocycles. The molecule has 1 atom stereocenters. The van der Waals surface area contributed by atoms with Crippen molar-refractivity contribution in [3.63, 3.8) is 0 Å². The normalized spacial score (nSPS) is 22.7. The summed E-state index contributed by atoms with van der Waals surface area (Å²) in [5.41, 5.74) is -0.535. The zero-order valence-corrected chi connectivity index (χ0v) is 11.2. The first-order valence-electron chi connectivity index (χ1n) is 6.37. The van der Waals surface area contributed by atoms with Crippen molar-refractivity contribution in [1.82, 2.24) is 19.9 Å². The number of aromatic nitrogens is 3. The van der Waals surface area contributed by atoms with Gasteiger partial charge in [-0.3, -0.25) is 14.3 Å². The molecule has 0 saturated carbocycles. The third kappa shape index (κ3) is 2.45. The molecule has 0 radical (unpaired) electrons. The van der Waals surface area contributed by atoms with Gasteiger partial charge in [0.05, 0.1) is 11.6 Å². The number of carbonyl (C=O) groups excluding carboxylic acids is 1. The highest BCUT2D eigenvalue weighted by Gasteiger charge is 2.45. The smallest absolute Gasteiger partial charge is 0.311 e. The molecule has 0 spiro atoms. The fourth-order valence-corrected chi connectivity index (χ4v) is 2.62. The van der Waals surface area contributed by atoms with Crippen molar-refractivity contribution in [2.75, 3.05) is 13.1 Å². The van der Waals surface area contributed by atoms with Gasteiger partial charge in [-0.1, -0.05) is 18.6 Å². The second-order valence-electron chi connectivity index (χ2n) is 5.09. The van der Waals surface area contributed by atoms with E-state index in [4.69, 9.17) is 0 Å². The zero-order chi connectivity index (χ0) is 14.0. The minimum absolute atomic E-state index is 0.243. The third-order valence-corrected chi connectivity index (χ3v) is 3.65. The molecule has 1 amide bonds. The number of carboxylic acids is 1. The van der Waals surface area contributed by atoms with Crippen LogP contribution in [0.4, 0.5) is 0 Å². The number of hydrogen-bond donors (Lipinski definition) is 1. The van der Waals surface area contributed by atoms with Gasteiger partial charge in [0.1, 0.15) is 0 Å². The van der Waals surface area contributed by atoms with Crippen molar-refractivity contribution in [2.45, 2.75) is 26.2 Å². The summed E-state index contributed by atoms with van der Waals surface area (Å²) in [6.07, 6.45) is 3.43. The van der Waals surface area contributed by atoms with Crippen molar-refractivity contribution in [1.29, 1.82) is 0 Å². The van der Waals surface area contributed by atoms with Gasteiger partial charge in [0.15, 0.2) is 5.69 Å². The Bertz CT molecular complexity index is 499. The molecule has 2 rings (SSSR count). The lowest BCUT2D eigenvalue weighted by atomic mass is 9.83. The Balaban J connectivity index is 2.13. The first-order chi connectivity index (χ1) is 8.98. The van der Waals surface area contributed by atoms with Crippen molar-refractivity contribution in [3.05, 3.63) is 11.9 Å². The van der Waals surface area contributed by atoms with E-state index < -0.39 is 11.4 Å². The van der Waals surface area contributed by atoms with E-state index in [9.17, 15) is 14.7 Å². The lowest BCUT2D eigenvalue weighted by Gasteiger charge is -2.23. The van der Waals surface area contributed by atoms with Crippen LogP contribution in [0.15, 0.2) is 6.20 Å². The molecule has 1 N–H and O–H groups in total. The summed E-state index contributed by atoms with van der Waals surface area (Å²) in [7, 11) is 1.69. The molecule has 1 aromatic heterocycles. The minimum atomic E-state index is -0.816. The molecular weight excluding hydrogens is 248 g/mol. The van der Waals surface area contributed by atoms with Crippen LogP contribution in [0.3, 0.4) is 0 Å². The molecule has 1 aromatic rings. The molecular formula is C12H18N4O3. The van der Waals surface area contributed by atoms with E-state index in [1.54, 1.807) is 18.1 Å². The van der Waals surface area contributed by atoms with Gasteiger partial charge in [-0.25, -0.2) is 0 Å². The largest absolute Gasteiger partial charge is 0.481 e. The standard InChI is InChI=1S/C12H18N4O3/c1-3-4-12(11(18)19)5-6-16(8-12)10(17)9-7-15(2)14-13-9/h7H,3-6,8H2,1-2H3,(H,18,19). The maximum Gasteiger partial charge on any atom is 0.311 e. The summed E-state index contributed by atoms with van der Waals surface area (Å²) in [5.74, 6) is -1.06. The number of likely N-dealkylation sites (tertiary alicyclic amines) is 1. The number of amides is 1. The van der Waals surface area contributed by atoms with Gasteiger partial charge in [0.25, 0.3) is 5.91 Å². The maximum absolute atomic E-state index is 12.2. The Labute approximate surface area is 111 Å². The predicted molar refractivity (Wildman–Crippen MR) is 66.5 cm³/mol. The van der Waals surface area contributed by atoms with Crippen LogP contribution in [0, 0.1) is 5.41 Å². The fraction of sp³-hybridized carbons (Fsp3) is 0.667. The monoisotopic (exact) mass is 266 g/mol. The quantitative estimate of drug-likeness (QED) is 0.858. The molecule has 0 aromatic carbocycles. The summed E-state index contributed by atoms with van der Waals surface area (Å²) in [5, 5.41) is 16.9. The van der Waals surface area contributed by atoms with Crippen LogP contribution in [0.1, 0.15) is 36.7 Å². The number of hydrogen-bond acceptors (Lipinski definition) is 4. The SMILES string of the molecule is CCCC1(C(=O)O)CCN(C(=O)c2cn(C)nn2)C1. The van der Waals surface area contributed by atoms with Crippen LogP contribution in [0.25, 0.3) is 0 Å². The number of rotatable bonds is 4. The molecule has 0 bridgehead atoms. The molecule has 1 saturated heterocycles. The van der Waals surface area contributed by atoms with Crippen molar-refractivity contribution < 1.29 is 14.7 Å². The van der Waals surface area contributed by atoms with Crippen molar-refractivity contribution in [3.8, 4) is 0 Å². The van der Waals surface area contributed by atoms with Crippen LogP contribution in [-0.2, 0) is 11.8 Å². The van der Waals surface area contributed by atoms with Gasteiger partial charge in [0.2, 0.25) is 0 Å². The molecule has 1 aliphatic rings. The molecule has 1 unspecified atom stereocenters. The maximum atomic E-state index is 12.2. The summed E-state index contributed by atoms with van der Waals surface area (Å²) < 4.78 is 1.46. The molecule has 0 aliphatic carbocycles. The Kier molecular flexibility index (Phi) is 3.55. The van der Waals surface area contributed by atoms with Crippen molar-refractivity contribution >= 4 is 11.9 Å². The van der Waals surface area contributed by atoms with Gasteiger partial charge in [-0.2, -0.15) is 0 Å². The van der Waals surface area contributed by atoms with E-state index in [1.165, 1.54) is 4.68 Å². The molecule has 2 heterocycles. The number of carbonyl (C=O) groups is 2. The van der Waals surface area contributed by atoms with Gasteiger partial charge >= 0.3 is 5.97 Å². The first-order valence-corrected chi connectivity index (χ1v) is 6.37. The van der Waals surface area contributed by atoms with E-state index >= 15 is 0 Å². The van der Waals surface area contributed by atoms with E-state index in [2.05, 4.69) is 10.3 Å². The lowest BCUT2D eigenvalue weighted by molar-refractivity contribution is -0.148. The topological polar surface area (TPSA) is 88.3 Å². The minimum Gasteiger partial charge on any atom is -0.481 e. The van der Waals surface area contributed by atoms with Crippen LogP contribution < -0.4 is 0 Å². The Hall–Kier alpha value is -1.92. The zero-order valence-electron chi connectivity index (χ0n) is 11.2. The highest BCUT2D eigenvalue weighted by Crippen LogP contribution is 2.36. The molecule has 7 nitrogen and oxygen atoms in total. The second kappa shape index (κ2) is 4.99.